The van der Waals surface area contributed by atoms with Crippen LogP contribution in [0, 0.1) is 0 Å². The summed E-state index contributed by atoms with van der Waals surface area (Å²) in [6, 6.07) is 26.6. The van der Waals surface area contributed by atoms with Crippen LogP contribution in [-0.2, 0) is 16.0 Å². The minimum atomic E-state index is -0.558. The highest BCUT2D eigenvalue weighted by Gasteiger charge is 2.15. The van der Waals surface area contributed by atoms with Crippen molar-refractivity contribution in [2.45, 2.75) is 45.3 Å². The van der Waals surface area contributed by atoms with Crippen molar-refractivity contribution in [1.29, 1.82) is 0 Å². The van der Waals surface area contributed by atoms with Crippen LogP contribution >= 0.6 is 0 Å². The molecule has 0 bridgehead atoms. The highest BCUT2D eigenvalue weighted by atomic mass is 16.6. The topological polar surface area (TPSA) is 109 Å². The zero-order valence-electron chi connectivity index (χ0n) is 23.3. The molecule has 0 aliphatic rings. The first kappa shape index (κ1) is 30.0. The first-order valence-corrected chi connectivity index (χ1v) is 13.4. The Bertz CT molecular complexity index is 1250. The van der Waals surface area contributed by atoms with E-state index in [4.69, 9.17) is 4.74 Å². The van der Waals surface area contributed by atoms with Gasteiger partial charge in [0.25, 0.3) is 0 Å². The van der Waals surface area contributed by atoms with Gasteiger partial charge in [-0.15, -0.1) is 0 Å². The molecule has 0 unspecified atom stereocenters. The molecule has 8 heteroatoms. The van der Waals surface area contributed by atoms with Crippen molar-refractivity contribution >= 4 is 23.7 Å². The van der Waals surface area contributed by atoms with E-state index in [1.54, 1.807) is 26.8 Å². The number of rotatable bonds is 11. The predicted molar refractivity (Wildman–Crippen MR) is 159 cm³/mol. The van der Waals surface area contributed by atoms with Crippen LogP contribution in [0.3, 0.4) is 0 Å². The van der Waals surface area contributed by atoms with Crippen LogP contribution in [0.25, 0.3) is 11.1 Å². The molecular weight excluding hydrogens is 504 g/mol. The Kier molecular flexibility index (Phi) is 11.3. The number of hydrogen-bond donors (Lipinski definition) is 4. The van der Waals surface area contributed by atoms with Gasteiger partial charge in [-0.1, -0.05) is 78.9 Å². The highest BCUT2D eigenvalue weighted by molar-refractivity contribution is 5.90. The summed E-state index contributed by atoms with van der Waals surface area (Å²) in [5.74, 6) is -0.283. The zero-order valence-corrected chi connectivity index (χ0v) is 23.3. The second-order valence-electron chi connectivity index (χ2n) is 10.3. The van der Waals surface area contributed by atoms with Gasteiger partial charge in [0.05, 0.1) is 6.04 Å². The van der Waals surface area contributed by atoms with E-state index >= 15 is 0 Å². The second-order valence-corrected chi connectivity index (χ2v) is 10.3. The van der Waals surface area contributed by atoms with Gasteiger partial charge in [-0.2, -0.15) is 0 Å². The number of anilines is 1. The summed E-state index contributed by atoms with van der Waals surface area (Å²) in [5.41, 5.74) is 3.29. The smallest absolute Gasteiger partial charge is 0.407 e. The molecule has 40 heavy (non-hydrogen) atoms. The third-order valence-electron chi connectivity index (χ3n) is 5.67. The van der Waals surface area contributed by atoms with Crippen LogP contribution < -0.4 is 21.3 Å². The van der Waals surface area contributed by atoms with Gasteiger partial charge < -0.3 is 26.0 Å². The molecule has 3 aromatic rings. The minimum Gasteiger partial charge on any atom is -0.444 e. The fourth-order valence-corrected chi connectivity index (χ4v) is 3.81. The molecular formula is C32H38N4O4. The average molecular weight is 543 g/mol. The summed E-state index contributed by atoms with van der Waals surface area (Å²) in [6.45, 7) is 6.16. The van der Waals surface area contributed by atoms with Gasteiger partial charge in [0, 0.05) is 24.9 Å². The molecule has 0 spiro atoms. The van der Waals surface area contributed by atoms with E-state index in [0.29, 0.717) is 31.6 Å². The van der Waals surface area contributed by atoms with Gasteiger partial charge in [-0.3, -0.25) is 4.79 Å². The summed E-state index contributed by atoms with van der Waals surface area (Å²) in [6.07, 6.45) is 3.68. The van der Waals surface area contributed by atoms with E-state index in [2.05, 4.69) is 21.3 Å². The van der Waals surface area contributed by atoms with Gasteiger partial charge in [0.2, 0.25) is 5.91 Å². The fraction of sp³-hybridized carbons (Fsp3) is 0.281. The first-order chi connectivity index (χ1) is 19.2. The molecule has 3 aromatic carbocycles. The number of nitrogens with one attached hydrogen (secondary N) is 4. The van der Waals surface area contributed by atoms with Crippen molar-refractivity contribution in [2.24, 2.45) is 0 Å². The van der Waals surface area contributed by atoms with Crippen molar-refractivity contribution in [2.75, 3.05) is 18.4 Å². The quantitative estimate of drug-likeness (QED) is 0.185. The molecule has 8 nitrogen and oxygen atoms in total. The van der Waals surface area contributed by atoms with Crippen LogP contribution in [-0.4, -0.2) is 42.8 Å². The Hall–Kier alpha value is -4.59. The van der Waals surface area contributed by atoms with Crippen LogP contribution in [0.5, 0.6) is 0 Å². The molecule has 0 aliphatic heterocycles. The predicted octanol–water partition coefficient (Wildman–Crippen LogP) is 5.67. The van der Waals surface area contributed by atoms with Crippen LogP contribution in [0.4, 0.5) is 15.3 Å². The number of carbonyl (C=O) groups excluding carboxylic acids is 3. The molecule has 0 heterocycles. The van der Waals surface area contributed by atoms with E-state index in [0.717, 1.165) is 16.7 Å². The molecule has 0 radical (unpaired) electrons. The van der Waals surface area contributed by atoms with Crippen LogP contribution in [0.2, 0.25) is 0 Å². The molecule has 1 atom stereocenters. The molecule has 0 fully saturated rings. The third-order valence-corrected chi connectivity index (χ3v) is 5.67. The van der Waals surface area contributed by atoms with Gasteiger partial charge in [-0.05, 0) is 62.4 Å². The lowest BCUT2D eigenvalue weighted by molar-refractivity contribution is -0.116. The standard InChI is InChI=1S/C32H38N4O4/c1-32(2,3)40-31(39)34-22-10-21-33-29(37)20-19-28(23-24-11-6-4-7-12-24)36-30(38)35-27-17-15-26(16-18-27)25-13-8-5-9-14-25/h4-9,11-20,28H,10,21-23H2,1-3H3,(H,33,37)(H,34,39)(H2,35,36,38)/b20-19+/t28-/m1/s1. The molecule has 0 aliphatic carbocycles. The van der Waals surface area contributed by atoms with E-state index in [1.807, 2.05) is 84.9 Å². The Labute approximate surface area is 236 Å². The Balaban J connectivity index is 1.50. The van der Waals surface area contributed by atoms with Crippen LogP contribution in [0.1, 0.15) is 32.8 Å². The SMILES string of the molecule is CC(C)(C)OC(=O)NCCCNC(=O)/C=C/[C@H](Cc1ccccc1)NC(=O)Nc1ccc(-c2ccccc2)cc1. The van der Waals surface area contributed by atoms with Crippen molar-refractivity contribution in [1.82, 2.24) is 16.0 Å². The molecule has 0 saturated carbocycles. The van der Waals surface area contributed by atoms with Gasteiger partial charge in [-0.25, -0.2) is 9.59 Å². The lowest BCUT2D eigenvalue weighted by atomic mass is 10.1. The maximum Gasteiger partial charge on any atom is 0.407 e. The number of alkyl carbamates (subject to hydrolysis) is 1. The summed E-state index contributed by atoms with van der Waals surface area (Å²) in [7, 11) is 0. The normalized spacial score (nSPS) is 11.9. The molecule has 0 aromatic heterocycles. The molecule has 4 N–H and O–H groups in total. The Morgan fingerprint density at radius 2 is 1.40 bits per heavy atom. The fourth-order valence-electron chi connectivity index (χ4n) is 3.81. The number of hydrogen-bond acceptors (Lipinski definition) is 4. The number of amides is 4. The van der Waals surface area contributed by atoms with Crippen LogP contribution in [0.15, 0.2) is 97.1 Å². The zero-order chi connectivity index (χ0) is 28.8. The number of ether oxygens (including phenoxy) is 1. The van der Waals surface area contributed by atoms with Crippen molar-refractivity contribution in [3.63, 3.8) is 0 Å². The first-order valence-electron chi connectivity index (χ1n) is 13.4. The van der Waals surface area contributed by atoms with Crippen molar-refractivity contribution in [3.05, 3.63) is 103 Å². The van der Waals surface area contributed by atoms with Gasteiger partial charge in [0.15, 0.2) is 0 Å². The maximum absolute atomic E-state index is 12.8. The lowest BCUT2D eigenvalue weighted by Gasteiger charge is -2.19. The third kappa shape index (κ3) is 11.4. The summed E-state index contributed by atoms with van der Waals surface area (Å²) in [4.78, 5) is 36.9. The largest absolute Gasteiger partial charge is 0.444 e. The number of benzene rings is 3. The summed E-state index contributed by atoms with van der Waals surface area (Å²) < 4.78 is 5.18. The van der Waals surface area contributed by atoms with E-state index in [9.17, 15) is 14.4 Å². The van der Waals surface area contributed by atoms with E-state index in [-0.39, 0.29) is 11.9 Å². The Morgan fingerprint density at radius 1 is 0.800 bits per heavy atom. The summed E-state index contributed by atoms with van der Waals surface area (Å²) >= 11 is 0. The molecule has 0 saturated heterocycles. The number of carbonyl (C=O) groups is 3. The summed E-state index contributed by atoms with van der Waals surface area (Å²) in [5, 5.41) is 11.3. The van der Waals surface area contributed by atoms with Crippen molar-refractivity contribution in [3.8, 4) is 11.1 Å². The van der Waals surface area contributed by atoms with E-state index in [1.165, 1.54) is 6.08 Å². The van der Waals surface area contributed by atoms with E-state index < -0.39 is 17.7 Å². The molecule has 210 valence electrons. The Morgan fingerprint density at radius 3 is 2.05 bits per heavy atom. The minimum absolute atomic E-state index is 0.283. The lowest BCUT2D eigenvalue weighted by Crippen LogP contribution is -2.38. The number of urea groups is 1. The second kappa shape index (κ2) is 15.1. The van der Waals surface area contributed by atoms with Gasteiger partial charge in [0.1, 0.15) is 5.60 Å². The monoisotopic (exact) mass is 542 g/mol. The highest BCUT2D eigenvalue weighted by Crippen LogP contribution is 2.21. The average Bonchev–Trinajstić information content (AvgIpc) is 2.92. The molecule has 4 amide bonds. The van der Waals surface area contributed by atoms with Gasteiger partial charge >= 0.3 is 12.1 Å². The molecule has 3 rings (SSSR count). The van der Waals surface area contributed by atoms with Crippen molar-refractivity contribution < 1.29 is 19.1 Å². The maximum atomic E-state index is 12.8.